The van der Waals surface area contributed by atoms with Crippen LogP contribution >= 0.6 is 11.6 Å². The molecule has 0 bridgehead atoms. The predicted octanol–water partition coefficient (Wildman–Crippen LogP) is 4.41. The van der Waals surface area contributed by atoms with Gasteiger partial charge in [-0.25, -0.2) is 13.5 Å². The first-order valence-electron chi connectivity index (χ1n) is 11.2. The van der Waals surface area contributed by atoms with Crippen molar-refractivity contribution in [3.05, 3.63) is 57.0 Å². The van der Waals surface area contributed by atoms with Gasteiger partial charge in [0.05, 0.1) is 24.5 Å². The minimum atomic E-state index is -0.579. The molecule has 1 N–H and O–H groups in total. The number of halogens is 3. The normalized spacial score (nSPS) is 21.4. The van der Waals surface area contributed by atoms with Gasteiger partial charge in [-0.15, -0.1) is 0 Å². The van der Waals surface area contributed by atoms with Crippen LogP contribution in [-0.2, 0) is 4.74 Å². The van der Waals surface area contributed by atoms with E-state index in [4.69, 9.17) is 16.3 Å². The van der Waals surface area contributed by atoms with Crippen LogP contribution < -0.4 is 10.9 Å². The Bertz CT molecular complexity index is 988. The first-order valence-corrected chi connectivity index (χ1v) is 11.6. The number of ether oxygens (including phenoxy) is 1. The molecule has 3 heterocycles. The van der Waals surface area contributed by atoms with E-state index in [0.29, 0.717) is 56.3 Å². The molecule has 0 radical (unpaired) electrons. The standard InChI is InChI=1S/C23H29ClF2N4O2/c1-15(19-5-4-17(25)11-20(19)26)29-8-6-18(7-9-29)30-23(31)22(24)21(13-28-30)27-12-16-3-2-10-32-14-16/h4-5,11,13,15-16,18,27H,2-3,6-10,12,14H2,1H3/t15-,16-/m0/s1. The molecule has 32 heavy (non-hydrogen) atoms. The second-order valence-corrected chi connectivity index (χ2v) is 9.07. The highest BCUT2D eigenvalue weighted by Gasteiger charge is 2.28. The number of likely N-dealkylation sites (tertiary alicyclic amines) is 1. The summed E-state index contributed by atoms with van der Waals surface area (Å²) in [6, 6.07) is 3.45. The van der Waals surface area contributed by atoms with E-state index in [0.717, 1.165) is 25.5 Å². The Morgan fingerprint density at radius 1 is 1.28 bits per heavy atom. The number of rotatable bonds is 6. The number of anilines is 1. The Kier molecular flexibility index (Phi) is 7.43. The topological polar surface area (TPSA) is 59.4 Å². The molecule has 1 aromatic heterocycles. The Balaban J connectivity index is 1.37. The van der Waals surface area contributed by atoms with Crippen LogP contribution in [0.4, 0.5) is 14.5 Å². The Hall–Kier alpha value is -2.03. The van der Waals surface area contributed by atoms with Crippen molar-refractivity contribution in [2.45, 2.75) is 44.7 Å². The van der Waals surface area contributed by atoms with Crippen molar-refractivity contribution in [2.24, 2.45) is 5.92 Å². The molecule has 4 rings (SSSR count). The Morgan fingerprint density at radius 2 is 2.06 bits per heavy atom. The van der Waals surface area contributed by atoms with Gasteiger partial charge in [-0.3, -0.25) is 9.69 Å². The molecule has 2 saturated heterocycles. The van der Waals surface area contributed by atoms with Crippen LogP contribution in [0.25, 0.3) is 0 Å². The monoisotopic (exact) mass is 466 g/mol. The fourth-order valence-electron chi connectivity index (χ4n) is 4.61. The van der Waals surface area contributed by atoms with Gasteiger partial charge in [0.2, 0.25) is 0 Å². The zero-order valence-corrected chi connectivity index (χ0v) is 19.0. The summed E-state index contributed by atoms with van der Waals surface area (Å²) in [5.74, 6) is -0.712. The van der Waals surface area contributed by atoms with Gasteiger partial charge in [0.25, 0.3) is 5.56 Å². The molecule has 2 fully saturated rings. The number of aromatic nitrogens is 2. The smallest absolute Gasteiger partial charge is 0.287 e. The highest BCUT2D eigenvalue weighted by molar-refractivity contribution is 6.32. The number of nitrogens with zero attached hydrogens (tertiary/aromatic N) is 3. The summed E-state index contributed by atoms with van der Waals surface area (Å²) in [6.45, 7) is 5.49. The summed E-state index contributed by atoms with van der Waals surface area (Å²) in [5.41, 5.74) is 0.728. The van der Waals surface area contributed by atoms with Crippen LogP contribution in [0.3, 0.4) is 0 Å². The maximum absolute atomic E-state index is 14.2. The number of benzene rings is 1. The van der Waals surface area contributed by atoms with Crippen molar-refractivity contribution in [1.29, 1.82) is 0 Å². The SMILES string of the molecule is C[C@@H](c1ccc(F)cc1F)N1CCC(n2ncc(NC[C@@H]3CCCOC3)c(Cl)c2=O)CC1. The average Bonchev–Trinajstić information content (AvgIpc) is 2.80. The lowest BCUT2D eigenvalue weighted by Crippen LogP contribution is -2.40. The highest BCUT2D eigenvalue weighted by Crippen LogP contribution is 2.30. The van der Waals surface area contributed by atoms with E-state index in [1.165, 1.54) is 16.8 Å². The van der Waals surface area contributed by atoms with Crippen LogP contribution in [0.15, 0.2) is 29.2 Å². The molecule has 9 heteroatoms. The molecule has 0 aliphatic carbocycles. The lowest BCUT2D eigenvalue weighted by atomic mass is 10.00. The zero-order chi connectivity index (χ0) is 22.7. The third kappa shape index (κ3) is 5.13. The fourth-order valence-corrected chi connectivity index (χ4v) is 4.81. The number of nitrogens with one attached hydrogen (secondary N) is 1. The van der Waals surface area contributed by atoms with Crippen LogP contribution in [0, 0.1) is 17.6 Å². The Labute approximate surface area is 191 Å². The van der Waals surface area contributed by atoms with Gasteiger partial charge >= 0.3 is 0 Å². The molecule has 174 valence electrons. The maximum Gasteiger partial charge on any atom is 0.287 e. The van der Waals surface area contributed by atoms with Gasteiger partial charge in [0.1, 0.15) is 16.7 Å². The molecular formula is C23H29ClF2N4O2. The molecule has 2 atom stereocenters. The summed E-state index contributed by atoms with van der Waals surface area (Å²) in [6.07, 6.45) is 5.15. The minimum absolute atomic E-state index is 0.0673. The third-order valence-corrected chi connectivity index (χ3v) is 6.95. The third-order valence-electron chi connectivity index (χ3n) is 6.58. The lowest BCUT2D eigenvalue weighted by Gasteiger charge is -2.36. The number of hydrogen-bond donors (Lipinski definition) is 1. The number of piperidine rings is 1. The molecular weight excluding hydrogens is 438 g/mol. The van der Waals surface area contributed by atoms with E-state index in [1.54, 1.807) is 6.20 Å². The van der Waals surface area contributed by atoms with Gasteiger partial charge in [-0.05, 0) is 44.6 Å². The van der Waals surface area contributed by atoms with Crippen LogP contribution in [0.5, 0.6) is 0 Å². The second-order valence-electron chi connectivity index (χ2n) is 8.69. The van der Waals surface area contributed by atoms with Gasteiger partial charge in [0.15, 0.2) is 0 Å². The van der Waals surface area contributed by atoms with Crippen molar-refractivity contribution in [2.75, 3.05) is 38.2 Å². The quantitative estimate of drug-likeness (QED) is 0.683. The Morgan fingerprint density at radius 3 is 2.75 bits per heavy atom. The molecule has 0 spiro atoms. The van der Waals surface area contributed by atoms with Crippen LogP contribution in [0.1, 0.15) is 50.3 Å². The van der Waals surface area contributed by atoms with Crippen molar-refractivity contribution in [1.82, 2.24) is 14.7 Å². The van der Waals surface area contributed by atoms with E-state index >= 15 is 0 Å². The largest absolute Gasteiger partial charge is 0.382 e. The summed E-state index contributed by atoms with van der Waals surface area (Å²) >= 11 is 6.37. The van der Waals surface area contributed by atoms with Crippen molar-refractivity contribution >= 4 is 17.3 Å². The molecule has 2 aliphatic heterocycles. The zero-order valence-electron chi connectivity index (χ0n) is 18.2. The summed E-state index contributed by atoms with van der Waals surface area (Å²) in [4.78, 5) is 15.0. The fraction of sp³-hybridized carbons (Fsp3) is 0.565. The minimum Gasteiger partial charge on any atom is -0.382 e. The van der Waals surface area contributed by atoms with E-state index in [-0.39, 0.29) is 22.7 Å². The van der Waals surface area contributed by atoms with Gasteiger partial charge in [-0.1, -0.05) is 17.7 Å². The van der Waals surface area contributed by atoms with E-state index in [9.17, 15) is 13.6 Å². The summed E-state index contributed by atoms with van der Waals surface area (Å²) in [7, 11) is 0. The molecule has 0 saturated carbocycles. The molecule has 0 unspecified atom stereocenters. The maximum atomic E-state index is 14.2. The molecule has 6 nitrogen and oxygen atoms in total. The molecule has 0 amide bonds. The molecule has 1 aromatic carbocycles. The summed E-state index contributed by atoms with van der Waals surface area (Å²) < 4.78 is 34.3. The van der Waals surface area contributed by atoms with Gasteiger partial charge in [-0.2, -0.15) is 5.10 Å². The predicted molar refractivity (Wildman–Crippen MR) is 120 cm³/mol. The second kappa shape index (κ2) is 10.3. The van der Waals surface area contributed by atoms with E-state index < -0.39 is 11.6 Å². The first kappa shape index (κ1) is 23.1. The van der Waals surface area contributed by atoms with Gasteiger partial charge in [0, 0.05) is 43.9 Å². The average molecular weight is 467 g/mol. The molecule has 2 aliphatic rings. The van der Waals surface area contributed by atoms with Crippen molar-refractivity contribution < 1.29 is 13.5 Å². The van der Waals surface area contributed by atoms with E-state index in [2.05, 4.69) is 15.3 Å². The van der Waals surface area contributed by atoms with E-state index in [1.807, 2.05) is 6.92 Å². The van der Waals surface area contributed by atoms with Crippen LogP contribution in [0.2, 0.25) is 5.02 Å². The van der Waals surface area contributed by atoms with Gasteiger partial charge < -0.3 is 10.1 Å². The van der Waals surface area contributed by atoms with Crippen molar-refractivity contribution in [3.8, 4) is 0 Å². The first-order chi connectivity index (χ1) is 15.4. The van der Waals surface area contributed by atoms with Crippen LogP contribution in [-0.4, -0.2) is 47.5 Å². The number of hydrogen-bond acceptors (Lipinski definition) is 5. The highest BCUT2D eigenvalue weighted by atomic mass is 35.5. The summed E-state index contributed by atoms with van der Waals surface area (Å²) in [5, 5.41) is 7.78. The molecule has 2 aromatic rings. The lowest BCUT2D eigenvalue weighted by molar-refractivity contribution is 0.0595. The van der Waals surface area contributed by atoms with Crippen molar-refractivity contribution in [3.63, 3.8) is 0 Å².